The highest BCUT2D eigenvalue weighted by Gasteiger charge is 2.34. The van der Waals surface area contributed by atoms with Gasteiger partial charge in [0.15, 0.2) is 5.76 Å². The summed E-state index contributed by atoms with van der Waals surface area (Å²) in [6, 6.07) is 11.7. The van der Waals surface area contributed by atoms with Crippen molar-refractivity contribution in [2.45, 2.75) is 32.4 Å². The summed E-state index contributed by atoms with van der Waals surface area (Å²) in [5.74, 6) is 1.76. The van der Waals surface area contributed by atoms with Gasteiger partial charge in [0.05, 0.1) is 11.7 Å². The van der Waals surface area contributed by atoms with Crippen LogP contribution in [0.25, 0.3) is 6.08 Å². The van der Waals surface area contributed by atoms with E-state index in [-0.39, 0.29) is 11.9 Å². The Bertz CT molecular complexity index is 945. The van der Waals surface area contributed by atoms with Crippen LogP contribution in [0.15, 0.2) is 42.2 Å². The van der Waals surface area contributed by atoms with Crippen molar-refractivity contribution in [1.29, 1.82) is 0 Å². The fourth-order valence-corrected chi connectivity index (χ4v) is 4.19. The summed E-state index contributed by atoms with van der Waals surface area (Å²) in [5, 5.41) is 0. The van der Waals surface area contributed by atoms with Gasteiger partial charge in [-0.25, -0.2) is 0 Å². The first-order chi connectivity index (χ1) is 13.7. The van der Waals surface area contributed by atoms with E-state index in [1.54, 1.807) is 6.08 Å². The second kappa shape index (κ2) is 7.08. The lowest BCUT2D eigenvalue weighted by Gasteiger charge is -2.31. The van der Waals surface area contributed by atoms with E-state index in [2.05, 4.69) is 4.90 Å². The minimum absolute atomic E-state index is 0.0685. The summed E-state index contributed by atoms with van der Waals surface area (Å²) >= 11 is 0. The van der Waals surface area contributed by atoms with Crippen molar-refractivity contribution >= 4 is 11.9 Å². The molecule has 0 aliphatic carbocycles. The summed E-state index contributed by atoms with van der Waals surface area (Å²) in [6.07, 6.45) is 4.31. The molecule has 1 atom stereocenters. The molecule has 3 aliphatic heterocycles. The molecular weight excluding hydrogens is 354 g/mol. The molecule has 0 amide bonds. The Balaban J connectivity index is 1.42. The van der Waals surface area contributed by atoms with E-state index in [1.165, 1.54) is 0 Å². The zero-order valence-electron chi connectivity index (χ0n) is 15.9. The zero-order chi connectivity index (χ0) is 19.1. The van der Waals surface area contributed by atoms with Crippen LogP contribution in [-0.2, 0) is 11.3 Å². The van der Waals surface area contributed by atoms with Crippen LogP contribution in [0.1, 0.15) is 39.9 Å². The molecule has 3 aliphatic rings. The van der Waals surface area contributed by atoms with Gasteiger partial charge in [-0.15, -0.1) is 0 Å². The maximum Gasteiger partial charge on any atom is 0.231 e. The van der Waals surface area contributed by atoms with Crippen molar-refractivity contribution in [3.05, 3.63) is 64.4 Å². The monoisotopic (exact) mass is 377 g/mol. The topological polar surface area (TPSA) is 48.0 Å². The van der Waals surface area contributed by atoms with Crippen molar-refractivity contribution in [2.75, 3.05) is 19.9 Å². The Labute approximate surface area is 164 Å². The molecule has 0 aromatic heterocycles. The van der Waals surface area contributed by atoms with E-state index in [0.29, 0.717) is 23.8 Å². The molecule has 0 radical (unpaired) electrons. The Kier molecular flexibility index (Phi) is 4.41. The van der Waals surface area contributed by atoms with Gasteiger partial charge in [0.2, 0.25) is 5.78 Å². The maximum atomic E-state index is 12.9. The van der Waals surface area contributed by atoms with Crippen LogP contribution in [0.5, 0.6) is 11.5 Å². The summed E-state index contributed by atoms with van der Waals surface area (Å²) < 4.78 is 17.8. The van der Waals surface area contributed by atoms with Crippen LogP contribution in [-0.4, -0.2) is 36.7 Å². The Hall–Kier alpha value is -2.63. The summed E-state index contributed by atoms with van der Waals surface area (Å²) in [7, 11) is 0. The SMILES string of the molecule is Cc1c2c(cc3c1O/C(=C\c1ccccc1)C3=O)CN(CC1CCCO1)CO2. The number of Topliss-reactive ketones (excluding diaryl/α,β-unsaturated/α-hetero) is 1. The van der Waals surface area contributed by atoms with Crippen molar-refractivity contribution in [3.8, 4) is 11.5 Å². The fraction of sp³-hybridized carbons (Fsp3) is 0.348. The average molecular weight is 377 g/mol. The molecule has 0 N–H and O–H groups in total. The summed E-state index contributed by atoms with van der Waals surface area (Å²) in [6.45, 7) is 4.97. The standard InChI is InChI=1S/C23H23NO4/c1-15-22-17(12-24(14-27-22)13-18-8-5-9-26-18)11-19-21(25)20(28-23(15)19)10-16-6-3-2-4-7-16/h2-4,6-7,10-11,18H,5,8-9,12-14H2,1H3/b20-10-. The number of ketones is 1. The largest absolute Gasteiger partial charge is 0.477 e. The van der Waals surface area contributed by atoms with Crippen LogP contribution in [0.3, 0.4) is 0 Å². The predicted molar refractivity (Wildman–Crippen MR) is 105 cm³/mol. The molecular formula is C23H23NO4. The first kappa shape index (κ1) is 17.5. The first-order valence-corrected chi connectivity index (χ1v) is 9.81. The Morgan fingerprint density at radius 3 is 2.86 bits per heavy atom. The van der Waals surface area contributed by atoms with Crippen LogP contribution in [0.4, 0.5) is 0 Å². The third kappa shape index (κ3) is 3.11. The van der Waals surface area contributed by atoms with Gasteiger partial charge in [-0.1, -0.05) is 30.3 Å². The highest BCUT2D eigenvalue weighted by Crippen LogP contribution is 2.43. The fourth-order valence-electron chi connectivity index (χ4n) is 4.19. The Morgan fingerprint density at radius 2 is 2.07 bits per heavy atom. The number of fused-ring (bicyclic) bond motifs is 2. The molecule has 28 heavy (non-hydrogen) atoms. The molecule has 1 saturated heterocycles. The number of carbonyl (C=O) groups is 1. The number of ether oxygens (including phenoxy) is 3. The number of hydrogen-bond acceptors (Lipinski definition) is 5. The Morgan fingerprint density at radius 1 is 1.21 bits per heavy atom. The van der Waals surface area contributed by atoms with Crippen molar-refractivity contribution in [2.24, 2.45) is 0 Å². The van der Waals surface area contributed by atoms with Gasteiger partial charge in [0.1, 0.15) is 18.2 Å². The molecule has 1 fully saturated rings. The lowest BCUT2D eigenvalue weighted by molar-refractivity contribution is 0.0276. The number of hydrogen-bond donors (Lipinski definition) is 0. The molecule has 5 nitrogen and oxygen atoms in total. The molecule has 1 unspecified atom stereocenters. The van der Waals surface area contributed by atoms with E-state index in [0.717, 1.165) is 55.0 Å². The molecule has 0 spiro atoms. The molecule has 2 aromatic rings. The minimum atomic E-state index is -0.0685. The third-order valence-electron chi connectivity index (χ3n) is 5.59. The second-order valence-corrected chi connectivity index (χ2v) is 7.64. The van der Waals surface area contributed by atoms with E-state index >= 15 is 0 Å². The molecule has 5 rings (SSSR count). The average Bonchev–Trinajstić information content (AvgIpc) is 3.32. The smallest absolute Gasteiger partial charge is 0.231 e. The number of rotatable bonds is 3. The maximum absolute atomic E-state index is 12.9. The number of benzene rings is 2. The van der Waals surface area contributed by atoms with E-state index < -0.39 is 0 Å². The summed E-state index contributed by atoms with van der Waals surface area (Å²) in [5.41, 5.74) is 3.51. The van der Waals surface area contributed by atoms with Gasteiger partial charge in [0, 0.05) is 30.8 Å². The van der Waals surface area contributed by atoms with Gasteiger partial charge in [-0.3, -0.25) is 9.69 Å². The molecule has 5 heteroatoms. The van der Waals surface area contributed by atoms with E-state index in [4.69, 9.17) is 14.2 Å². The van der Waals surface area contributed by atoms with Crippen LogP contribution in [0, 0.1) is 6.92 Å². The van der Waals surface area contributed by atoms with Crippen LogP contribution in [0.2, 0.25) is 0 Å². The zero-order valence-corrected chi connectivity index (χ0v) is 15.9. The van der Waals surface area contributed by atoms with Gasteiger partial charge in [0.25, 0.3) is 0 Å². The number of allylic oxidation sites excluding steroid dienone is 1. The molecule has 3 heterocycles. The molecule has 0 bridgehead atoms. The van der Waals surface area contributed by atoms with Crippen molar-refractivity contribution in [1.82, 2.24) is 4.90 Å². The normalized spacial score (nSPS) is 22.7. The quantitative estimate of drug-likeness (QED) is 0.758. The van der Waals surface area contributed by atoms with Crippen molar-refractivity contribution < 1.29 is 19.0 Å². The highest BCUT2D eigenvalue weighted by molar-refractivity contribution is 6.15. The van der Waals surface area contributed by atoms with Gasteiger partial charge in [-0.05, 0) is 37.5 Å². The van der Waals surface area contributed by atoms with Gasteiger partial charge < -0.3 is 14.2 Å². The van der Waals surface area contributed by atoms with E-state index in [1.807, 2.05) is 43.3 Å². The third-order valence-corrected chi connectivity index (χ3v) is 5.59. The van der Waals surface area contributed by atoms with Crippen molar-refractivity contribution in [3.63, 3.8) is 0 Å². The minimum Gasteiger partial charge on any atom is -0.477 e. The van der Waals surface area contributed by atoms with Crippen LogP contribution < -0.4 is 9.47 Å². The highest BCUT2D eigenvalue weighted by atomic mass is 16.5. The summed E-state index contributed by atoms with van der Waals surface area (Å²) in [4.78, 5) is 15.2. The van der Waals surface area contributed by atoms with E-state index in [9.17, 15) is 4.79 Å². The number of nitrogens with zero attached hydrogens (tertiary/aromatic N) is 1. The second-order valence-electron chi connectivity index (χ2n) is 7.64. The molecule has 144 valence electrons. The van der Waals surface area contributed by atoms with Gasteiger partial charge in [-0.2, -0.15) is 0 Å². The first-order valence-electron chi connectivity index (χ1n) is 9.81. The molecule has 0 saturated carbocycles. The van der Waals surface area contributed by atoms with Crippen LogP contribution >= 0.6 is 0 Å². The lowest BCUT2D eigenvalue weighted by atomic mass is 10.00. The predicted octanol–water partition coefficient (Wildman–Crippen LogP) is 3.94. The molecule has 2 aromatic carbocycles. The number of carbonyl (C=O) groups excluding carboxylic acids is 1. The lowest BCUT2D eigenvalue weighted by Crippen LogP contribution is -2.37. The van der Waals surface area contributed by atoms with Gasteiger partial charge >= 0.3 is 0 Å².